The average Bonchev–Trinajstić information content (AvgIpc) is 3.61. The lowest BCUT2D eigenvalue weighted by molar-refractivity contribution is 0.0931. The molecule has 1 saturated heterocycles. The number of hydrogen-bond acceptors (Lipinski definition) is 5. The van der Waals surface area contributed by atoms with Gasteiger partial charge < -0.3 is 25.8 Å². The second-order valence-corrected chi connectivity index (χ2v) is 14.0. The van der Waals surface area contributed by atoms with Crippen molar-refractivity contribution in [1.29, 1.82) is 0 Å². The van der Waals surface area contributed by atoms with E-state index in [-0.39, 0.29) is 17.9 Å². The van der Waals surface area contributed by atoms with E-state index in [2.05, 4.69) is 45.9 Å². The first-order chi connectivity index (χ1) is 25.9. The summed E-state index contributed by atoms with van der Waals surface area (Å²) in [5.74, 6) is -0.866. The molecule has 0 bridgehead atoms. The van der Waals surface area contributed by atoms with Gasteiger partial charge >= 0.3 is 0 Å². The van der Waals surface area contributed by atoms with Crippen molar-refractivity contribution in [3.63, 3.8) is 0 Å². The topological polar surface area (TPSA) is 122 Å². The predicted octanol–water partition coefficient (Wildman–Crippen LogP) is 7.90. The number of nitrogens with one attached hydrogen (secondary N) is 2. The summed E-state index contributed by atoms with van der Waals surface area (Å²) in [5.41, 5.74) is 14.4. The normalized spacial score (nSPS) is 15.5. The van der Waals surface area contributed by atoms with Crippen LogP contribution in [0.5, 0.6) is 0 Å². The van der Waals surface area contributed by atoms with E-state index in [0.717, 1.165) is 72.9 Å². The summed E-state index contributed by atoms with van der Waals surface area (Å²) in [6, 6.07) is 32.9. The highest BCUT2D eigenvalue weighted by molar-refractivity contribution is 6.07. The largest absolute Gasteiger partial charge is 0.372 e. The van der Waals surface area contributed by atoms with E-state index in [4.69, 9.17) is 10.7 Å². The van der Waals surface area contributed by atoms with Gasteiger partial charge in [0.2, 0.25) is 5.91 Å². The molecular formula is C44H42N6O3. The summed E-state index contributed by atoms with van der Waals surface area (Å²) in [5, 5.41) is 7.23. The van der Waals surface area contributed by atoms with E-state index >= 15 is 0 Å². The fourth-order valence-electron chi connectivity index (χ4n) is 7.84. The number of carbonyl (C=O) groups is 3. The van der Waals surface area contributed by atoms with E-state index in [9.17, 15) is 14.4 Å². The fourth-order valence-corrected chi connectivity index (χ4v) is 7.84. The monoisotopic (exact) mass is 702 g/mol. The van der Waals surface area contributed by atoms with Gasteiger partial charge in [0.15, 0.2) is 0 Å². The first-order valence-corrected chi connectivity index (χ1v) is 18.4. The molecule has 1 aliphatic carbocycles. The molecule has 3 amide bonds. The van der Waals surface area contributed by atoms with Crippen LogP contribution in [0.15, 0.2) is 116 Å². The highest BCUT2D eigenvalue weighted by Crippen LogP contribution is 2.34. The summed E-state index contributed by atoms with van der Waals surface area (Å²) in [7, 11) is 0. The van der Waals surface area contributed by atoms with Crippen LogP contribution < -0.4 is 21.3 Å². The molecule has 9 nitrogen and oxygen atoms in total. The van der Waals surface area contributed by atoms with E-state index < -0.39 is 5.91 Å². The van der Waals surface area contributed by atoms with Crippen molar-refractivity contribution in [2.24, 2.45) is 5.73 Å². The third kappa shape index (κ3) is 7.15. The van der Waals surface area contributed by atoms with Crippen molar-refractivity contribution in [2.45, 2.75) is 51.1 Å². The zero-order chi connectivity index (χ0) is 36.3. The minimum Gasteiger partial charge on any atom is -0.372 e. The molecule has 0 saturated carbocycles. The van der Waals surface area contributed by atoms with Crippen LogP contribution in [0.2, 0.25) is 0 Å². The molecule has 1 fully saturated rings. The summed E-state index contributed by atoms with van der Waals surface area (Å²) in [6.07, 6.45) is 10.0. The fraction of sp³-hybridized carbons (Fsp3) is 0.227. The number of rotatable bonds is 9. The summed E-state index contributed by atoms with van der Waals surface area (Å²) in [4.78, 5) is 46.7. The molecule has 6 aromatic rings. The highest BCUT2D eigenvalue weighted by atomic mass is 16.2. The van der Waals surface area contributed by atoms with Crippen LogP contribution in [0.4, 0.5) is 11.4 Å². The van der Waals surface area contributed by atoms with Crippen molar-refractivity contribution >= 4 is 40.0 Å². The van der Waals surface area contributed by atoms with Crippen molar-refractivity contribution in [1.82, 2.24) is 14.9 Å². The number of piperidine rings is 1. The molecule has 4 aromatic carbocycles. The molecule has 3 heterocycles. The van der Waals surface area contributed by atoms with Gasteiger partial charge in [0.25, 0.3) is 11.8 Å². The number of nitrogens with two attached hydrogens (primary N) is 1. The first kappa shape index (κ1) is 33.9. The van der Waals surface area contributed by atoms with E-state index in [1.54, 1.807) is 24.4 Å². The van der Waals surface area contributed by atoms with Gasteiger partial charge in [0.1, 0.15) is 0 Å². The Hall–Kier alpha value is -6.22. The van der Waals surface area contributed by atoms with E-state index in [1.807, 2.05) is 65.4 Å². The number of fused-ring (bicyclic) bond motifs is 2. The molecule has 53 heavy (non-hydrogen) atoms. The lowest BCUT2D eigenvalue weighted by Gasteiger charge is -2.29. The van der Waals surface area contributed by atoms with Crippen LogP contribution in [0.1, 0.15) is 85.9 Å². The maximum Gasteiger partial charge on any atom is 0.255 e. The molecule has 2 aromatic heterocycles. The molecule has 0 radical (unpaired) electrons. The second kappa shape index (κ2) is 14.8. The molecule has 0 unspecified atom stereocenters. The number of aryl methyl sites for hydroxylation is 1. The average molecular weight is 703 g/mol. The Morgan fingerprint density at radius 2 is 1.62 bits per heavy atom. The van der Waals surface area contributed by atoms with Crippen molar-refractivity contribution in [2.75, 3.05) is 23.3 Å². The Kier molecular flexibility index (Phi) is 9.46. The van der Waals surface area contributed by atoms with Gasteiger partial charge in [-0.1, -0.05) is 42.5 Å². The van der Waals surface area contributed by atoms with Gasteiger partial charge in [-0.3, -0.25) is 19.4 Å². The maximum atomic E-state index is 13.9. The summed E-state index contributed by atoms with van der Waals surface area (Å²) < 4.78 is 2.04. The van der Waals surface area contributed by atoms with Crippen LogP contribution in [-0.2, 0) is 13.0 Å². The van der Waals surface area contributed by atoms with Gasteiger partial charge in [-0.05, 0) is 116 Å². The quantitative estimate of drug-likeness (QED) is 0.141. The Morgan fingerprint density at radius 3 is 2.49 bits per heavy atom. The van der Waals surface area contributed by atoms with Crippen LogP contribution in [0.25, 0.3) is 22.2 Å². The molecule has 2 aliphatic rings. The zero-order valence-corrected chi connectivity index (χ0v) is 29.6. The highest BCUT2D eigenvalue weighted by Gasteiger charge is 2.23. The molecule has 1 atom stereocenters. The van der Waals surface area contributed by atoms with Crippen LogP contribution in [0.3, 0.4) is 0 Å². The number of primary amides is 1. The van der Waals surface area contributed by atoms with E-state index in [0.29, 0.717) is 34.6 Å². The lowest BCUT2D eigenvalue weighted by atomic mass is 9.87. The lowest BCUT2D eigenvalue weighted by Crippen LogP contribution is -2.31. The molecule has 1 aliphatic heterocycles. The third-order valence-electron chi connectivity index (χ3n) is 10.6. The second-order valence-electron chi connectivity index (χ2n) is 14.0. The summed E-state index contributed by atoms with van der Waals surface area (Å²) >= 11 is 0. The number of pyridine rings is 1. The minimum absolute atomic E-state index is 0.0408. The molecule has 266 valence electrons. The first-order valence-electron chi connectivity index (χ1n) is 18.4. The van der Waals surface area contributed by atoms with Gasteiger partial charge in [0, 0.05) is 70.9 Å². The standard InChI is InChI=1S/C44H42N6O3/c45-42(51)36-14-8-16-41-35(36)20-24-50(41)28-29-9-6-12-31(25-29)43(52)48-39-18-17-33(49-22-4-1-5-23-49)27-37(39)40-26-32(19-21-46-40)44(53)47-38-15-7-11-30-10-2-3-13-34(30)38/h2-3,6,8-10,12-14,16-21,24-27,38H,1,4-5,7,11,15,22-23,28H2,(H2,45,51)(H,47,53)(H,48,52)/t38-/m0/s1. The Labute approximate surface area is 308 Å². The Balaban J connectivity index is 1.07. The number of benzene rings is 4. The van der Waals surface area contributed by atoms with Crippen molar-refractivity contribution in [3.05, 3.63) is 149 Å². The van der Waals surface area contributed by atoms with Gasteiger partial charge in [-0.15, -0.1) is 0 Å². The smallest absolute Gasteiger partial charge is 0.255 e. The number of carbonyl (C=O) groups excluding carboxylic acids is 3. The number of amides is 3. The Bertz CT molecular complexity index is 2340. The third-order valence-corrected chi connectivity index (χ3v) is 10.6. The minimum atomic E-state index is -0.467. The van der Waals surface area contributed by atoms with Crippen molar-refractivity contribution < 1.29 is 14.4 Å². The SMILES string of the molecule is NC(=O)c1cccc2c1ccn2Cc1cccc(C(=O)Nc2ccc(N3CCCCC3)cc2-c2cc(C(=O)N[C@H]3CCCc4ccccc43)ccn2)c1. The number of anilines is 2. The van der Waals surface area contributed by atoms with Crippen LogP contribution >= 0.6 is 0 Å². The van der Waals surface area contributed by atoms with Gasteiger partial charge in [-0.25, -0.2) is 0 Å². The van der Waals surface area contributed by atoms with Crippen LogP contribution in [-0.4, -0.2) is 40.4 Å². The molecule has 4 N–H and O–H groups in total. The van der Waals surface area contributed by atoms with Crippen molar-refractivity contribution in [3.8, 4) is 11.3 Å². The molecule has 9 heteroatoms. The number of hydrogen-bond donors (Lipinski definition) is 3. The Morgan fingerprint density at radius 1 is 0.792 bits per heavy atom. The molecule has 8 rings (SSSR count). The zero-order valence-electron chi connectivity index (χ0n) is 29.6. The predicted molar refractivity (Wildman–Crippen MR) is 209 cm³/mol. The van der Waals surface area contributed by atoms with Gasteiger partial charge in [-0.2, -0.15) is 0 Å². The van der Waals surface area contributed by atoms with E-state index in [1.165, 1.54) is 17.5 Å². The molecule has 0 spiro atoms. The van der Waals surface area contributed by atoms with Gasteiger partial charge in [0.05, 0.1) is 17.4 Å². The number of aromatic nitrogens is 2. The number of nitrogens with zero attached hydrogens (tertiary/aromatic N) is 3. The summed E-state index contributed by atoms with van der Waals surface area (Å²) in [6.45, 7) is 2.45. The molecular weight excluding hydrogens is 661 g/mol. The van der Waals surface area contributed by atoms with Crippen LogP contribution in [0, 0.1) is 0 Å². The maximum absolute atomic E-state index is 13.9.